The molecular weight excluding hydrogens is 148 g/mol. The second-order valence-electron chi connectivity index (χ2n) is 2.14. The van der Waals surface area contributed by atoms with Gasteiger partial charge in [0.05, 0.1) is 6.54 Å². The topological polar surface area (TPSA) is 67.4 Å². The van der Waals surface area contributed by atoms with E-state index in [2.05, 4.69) is 10.6 Å². The normalized spacial score (nSPS) is 24.3. The summed E-state index contributed by atoms with van der Waals surface area (Å²) in [7, 11) is 0. The summed E-state index contributed by atoms with van der Waals surface area (Å²) < 4.78 is 5.02. The molecule has 2 N–H and O–H groups in total. The maximum atomic E-state index is 10.9. The van der Waals surface area contributed by atoms with Gasteiger partial charge >= 0.3 is 6.03 Å². The van der Waals surface area contributed by atoms with Crippen LogP contribution in [0.25, 0.3) is 0 Å². The molecule has 1 atom stereocenters. The summed E-state index contributed by atoms with van der Waals surface area (Å²) >= 11 is 0. The third kappa shape index (κ3) is 1.91. The molecule has 0 spiro atoms. The standard InChI is InChI=1S/C6H10N2O3/c1-2-11-4-3-7-6(10)8-5(4)9/h4H,2-3H2,1H3,(H2,7,8,9,10). The van der Waals surface area contributed by atoms with Crippen molar-refractivity contribution in [2.24, 2.45) is 0 Å². The van der Waals surface area contributed by atoms with Crippen molar-refractivity contribution < 1.29 is 14.3 Å². The predicted octanol–water partition coefficient (Wildman–Crippen LogP) is -0.769. The molecule has 5 heteroatoms. The molecule has 0 aromatic heterocycles. The fraction of sp³-hybridized carbons (Fsp3) is 0.667. The number of ether oxygens (including phenoxy) is 1. The van der Waals surface area contributed by atoms with E-state index in [-0.39, 0.29) is 12.5 Å². The number of carbonyl (C=O) groups is 2. The van der Waals surface area contributed by atoms with Crippen LogP contribution in [0.2, 0.25) is 0 Å². The summed E-state index contributed by atoms with van der Waals surface area (Å²) in [6, 6.07) is -0.453. The van der Waals surface area contributed by atoms with Gasteiger partial charge in [-0.25, -0.2) is 4.79 Å². The molecule has 0 aliphatic carbocycles. The number of imide groups is 1. The second-order valence-corrected chi connectivity index (χ2v) is 2.14. The fourth-order valence-corrected chi connectivity index (χ4v) is 0.850. The van der Waals surface area contributed by atoms with Gasteiger partial charge < -0.3 is 10.1 Å². The highest BCUT2D eigenvalue weighted by atomic mass is 16.5. The Morgan fingerprint density at radius 1 is 1.64 bits per heavy atom. The Labute approximate surface area is 64.1 Å². The van der Waals surface area contributed by atoms with E-state index in [1.54, 1.807) is 6.92 Å². The van der Waals surface area contributed by atoms with E-state index < -0.39 is 12.1 Å². The van der Waals surface area contributed by atoms with E-state index in [9.17, 15) is 9.59 Å². The van der Waals surface area contributed by atoms with E-state index in [1.165, 1.54) is 0 Å². The van der Waals surface area contributed by atoms with Gasteiger partial charge in [0.25, 0.3) is 5.91 Å². The number of hydrogen-bond donors (Lipinski definition) is 2. The monoisotopic (exact) mass is 158 g/mol. The van der Waals surface area contributed by atoms with Crippen molar-refractivity contribution in [1.82, 2.24) is 10.6 Å². The minimum atomic E-state index is -0.530. The highest BCUT2D eigenvalue weighted by molar-refractivity contribution is 5.99. The molecule has 11 heavy (non-hydrogen) atoms. The molecule has 0 aromatic carbocycles. The van der Waals surface area contributed by atoms with Gasteiger partial charge in [0, 0.05) is 6.61 Å². The largest absolute Gasteiger partial charge is 0.367 e. The van der Waals surface area contributed by atoms with Gasteiger partial charge in [-0.05, 0) is 6.92 Å². The maximum Gasteiger partial charge on any atom is 0.321 e. The van der Waals surface area contributed by atoms with Crippen LogP contribution in [0, 0.1) is 0 Å². The molecule has 0 saturated carbocycles. The molecule has 0 bridgehead atoms. The van der Waals surface area contributed by atoms with Crippen molar-refractivity contribution in [3.05, 3.63) is 0 Å². The summed E-state index contributed by atoms with van der Waals surface area (Å²) in [4.78, 5) is 21.4. The average Bonchev–Trinajstić information content (AvgIpc) is 1.95. The van der Waals surface area contributed by atoms with E-state index in [0.717, 1.165) is 0 Å². The molecule has 1 heterocycles. The molecular formula is C6H10N2O3. The Bertz CT molecular complexity index is 181. The first-order valence-electron chi connectivity index (χ1n) is 3.44. The van der Waals surface area contributed by atoms with Crippen LogP contribution in [-0.2, 0) is 9.53 Å². The molecule has 3 amide bonds. The van der Waals surface area contributed by atoms with Crippen molar-refractivity contribution in [1.29, 1.82) is 0 Å². The van der Waals surface area contributed by atoms with Gasteiger partial charge in [-0.1, -0.05) is 0 Å². The Morgan fingerprint density at radius 2 is 2.36 bits per heavy atom. The van der Waals surface area contributed by atoms with Crippen LogP contribution < -0.4 is 10.6 Å². The number of nitrogens with one attached hydrogen (secondary N) is 2. The molecule has 1 fully saturated rings. The lowest BCUT2D eigenvalue weighted by atomic mass is 10.3. The highest BCUT2D eigenvalue weighted by Gasteiger charge is 2.25. The smallest absolute Gasteiger partial charge is 0.321 e. The van der Waals surface area contributed by atoms with Gasteiger partial charge in [0.15, 0.2) is 6.10 Å². The lowest BCUT2D eigenvalue weighted by Crippen LogP contribution is -2.55. The van der Waals surface area contributed by atoms with Crippen molar-refractivity contribution in [2.45, 2.75) is 13.0 Å². The minimum absolute atomic E-state index is 0.262. The molecule has 1 aliphatic heterocycles. The van der Waals surface area contributed by atoms with Crippen molar-refractivity contribution in [3.63, 3.8) is 0 Å². The summed E-state index contributed by atoms with van der Waals surface area (Å²) in [5.41, 5.74) is 0. The minimum Gasteiger partial charge on any atom is -0.367 e. The fourth-order valence-electron chi connectivity index (χ4n) is 0.850. The third-order valence-electron chi connectivity index (χ3n) is 1.35. The van der Waals surface area contributed by atoms with E-state index in [0.29, 0.717) is 6.61 Å². The first kappa shape index (κ1) is 8.00. The summed E-state index contributed by atoms with van der Waals surface area (Å²) in [6.45, 7) is 2.52. The summed E-state index contributed by atoms with van der Waals surface area (Å²) in [5.74, 6) is -0.365. The molecule has 1 unspecified atom stereocenters. The van der Waals surface area contributed by atoms with Crippen LogP contribution in [0.15, 0.2) is 0 Å². The van der Waals surface area contributed by atoms with Crippen LogP contribution >= 0.6 is 0 Å². The predicted molar refractivity (Wildman–Crippen MR) is 37.0 cm³/mol. The second kappa shape index (κ2) is 3.34. The first-order valence-corrected chi connectivity index (χ1v) is 3.44. The molecule has 5 nitrogen and oxygen atoms in total. The highest BCUT2D eigenvalue weighted by Crippen LogP contribution is 1.94. The Balaban J connectivity index is 2.44. The van der Waals surface area contributed by atoms with Crippen LogP contribution in [0.1, 0.15) is 6.92 Å². The molecule has 0 aromatic rings. The first-order chi connectivity index (χ1) is 5.24. The Hall–Kier alpha value is -1.10. The van der Waals surface area contributed by atoms with Gasteiger partial charge in [-0.3, -0.25) is 10.1 Å². The van der Waals surface area contributed by atoms with E-state index >= 15 is 0 Å². The van der Waals surface area contributed by atoms with Crippen LogP contribution in [0.4, 0.5) is 4.79 Å². The molecule has 62 valence electrons. The Kier molecular flexibility index (Phi) is 2.43. The molecule has 1 saturated heterocycles. The summed E-state index contributed by atoms with van der Waals surface area (Å²) in [5, 5.41) is 4.55. The zero-order valence-corrected chi connectivity index (χ0v) is 6.22. The van der Waals surface area contributed by atoms with Crippen molar-refractivity contribution in [2.75, 3.05) is 13.2 Å². The number of carbonyl (C=O) groups excluding carboxylic acids is 2. The number of rotatable bonds is 2. The van der Waals surface area contributed by atoms with Crippen LogP contribution in [-0.4, -0.2) is 31.2 Å². The van der Waals surface area contributed by atoms with E-state index in [1.807, 2.05) is 0 Å². The number of hydrogen-bond acceptors (Lipinski definition) is 3. The van der Waals surface area contributed by atoms with Gasteiger partial charge in [-0.15, -0.1) is 0 Å². The maximum absolute atomic E-state index is 10.9. The van der Waals surface area contributed by atoms with Crippen molar-refractivity contribution >= 4 is 11.9 Å². The van der Waals surface area contributed by atoms with Gasteiger partial charge in [0.1, 0.15) is 0 Å². The molecule has 1 rings (SSSR count). The summed E-state index contributed by atoms with van der Waals surface area (Å²) in [6.07, 6.45) is -0.530. The van der Waals surface area contributed by atoms with E-state index in [4.69, 9.17) is 4.74 Å². The third-order valence-corrected chi connectivity index (χ3v) is 1.35. The Morgan fingerprint density at radius 3 is 2.91 bits per heavy atom. The lowest BCUT2D eigenvalue weighted by Gasteiger charge is -2.21. The van der Waals surface area contributed by atoms with Crippen molar-refractivity contribution in [3.8, 4) is 0 Å². The number of amides is 3. The SMILES string of the molecule is CCOC1CNC(=O)NC1=O. The van der Waals surface area contributed by atoms with Gasteiger partial charge in [0.2, 0.25) is 0 Å². The average molecular weight is 158 g/mol. The van der Waals surface area contributed by atoms with Crippen LogP contribution in [0.5, 0.6) is 0 Å². The van der Waals surface area contributed by atoms with Gasteiger partial charge in [-0.2, -0.15) is 0 Å². The number of urea groups is 1. The quantitative estimate of drug-likeness (QED) is 0.554. The molecule has 1 aliphatic rings. The van der Waals surface area contributed by atoms with Crippen LogP contribution in [0.3, 0.4) is 0 Å². The lowest BCUT2D eigenvalue weighted by molar-refractivity contribution is -0.132. The molecule has 0 radical (unpaired) electrons. The zero-order chi connectivity index (χ0) is 8.27. The zero-order valence-electron chi connectivity index (χ0n) is 6.22.